The van der Waals surface area contributed by atoms with E-state index in [9.17, 15) is 0 Å². The molecule has 2 rings (SSSR count). The van der Waals surface area contributed by atoms with E-state index in [0.717, 1.165) is 26.1 Å². The third kappa shape index (κ3) is 3.70. The van der Waals surface area contributed by atoms with Crippen LogP contribution in [0.5, 0.6) is 11.5 Å². The molecule has 2 nitrogen and oxygen atoms in total. The maximum atomic E-state index is 5.85. The Bertz CT molecular complexity index is 545. The fourth-order valence-electron chi connectivity index (χ4n) is 1.60. The monoisotopic (exact) mass is 417 g/mol. The first kappa shape index (κ1) is 13.8. The van der Waals surface area contributed by atoms with Crippen molar-refractivity contribution >= 4 is 38.5 Å². The molecule has 0 radical (unpaired) electrons. The summed E-state index contributed by atoms with van der Waals surface area (Å²) in [5.41, 5.74) is 1.22. The standard InChI is InChI=1S/C14H13BrINO/c1-17-9-10-5-6-14(13(15)7-10)18-12-4-2-3-11(16)8-12/h2-8,17H,9H2,1H3. The van der Waals surface area contributed by atoms with E-state index in [1.807, 2.05) is 37.4 Å². The van der Waals surface area contributed by atoms with Gasteiger partial charge in [-0.2, -0.15) is 0 Å². The van der Waals surface area contributed by atoms with Gasteiger partial charge in [0.2, 0.25) is 0 Å². The molecule has 0 aliphatic heterocycles. The van der Waals surface area contributed by atoms with Crippen molar-refractivity contribution in [3.8, 4) is 11.5 Å². The lowest BCUT2D eigenvalue weighted by molar-refractivity contribution is 0.479. The SMILES string of the molecule is CNCc1ccc(Oc2cccc(I)c2)c(Br)c1. The molecule has 0 amide bonds. The van der Waals surface area contributed by atoms with Crippen molar-refractivity contribution < 1.29 is 4.74 Å². The second kappa shape index (κ2) is 6.54. The van der Waals surface area contributed by atoms with Crippen molar-refractivity contribution in [1.29, 1.82) is 0 Å². The van der Waals surface area contributed by atoms with Gasteiger partial charge in [0.25, 0.3) is 0 Å². The maximum absolute atomic E-state index is 5.85. The van der Waals surface area contributed by atoms with E-state index < -0.39 is 0 Å². The van der Waals surface area contributed by atoms with E-state index in [-0.39, 0.29) is 0 Å². The summed E-state index contributed by atoms with van der Waals surface area (Å²) in [7, 11) is 1.93. The molecule has 0 aliphatic rings. The molecular formula is C14H13BrINO. The zero-order valence-electron chi connectivity index (χ0n) is 9.91. The molecule has 4 heteroatoms. The zero-order valence-corrected chi connectivity index (χ0v) is 13.7. The fraction of sp³-hybridized carbons (Fsp3) is 0.143. The highest BCUT2D eigenvalue weighted by atomic mass is 127. The second-order valence-corrected chi connectivity index (χ2v) is 5.95. The minimum atomic E-state index is 0.830. The van der Waals surface area contributed by atoms with Crippen LogP contribution in [0.3, 0.4) is 0 Å². The number of halogens is 2. The molecule has 2 aromatic rings. The Kier molecular flexibility index (Phi) is 5.03. The van der Waals surface area contributed by atoms with Crippen LogP contribution in [0.1, 0.15) is 5.56 Å². The Morgan fingerprint density at radius 3 is 2.72 bits per heavy atom. The third-order valence-electron chi connectivity index (χ3n) is 2.40. The van der Waals surface area contributed by atoms with E-state index in [1.165, 1.54) is 5.56 Å². The van der Waals surface area contributed by atoms with Crippen LogP contribution in [0.4, 0.5) is 0 Å². The number of rotatable bonds is 4. The van der Waals surface area contributed by atoms with Crippen LogP contribution in [0, 0.1) is 3.57 Å². The van der Waals surface area contributed by atoms with Gasteiger partial charge >= 0.3 is 0 Å². The molecular weight excluding hydrogens is 405 g/mol. The summed E-state index contributed by atoms with van der Waals surface area (Å²) >= 11 is 5.81. The predicted molar refractivity (Wildman–Crippen MR) is 86.1 cm³/mol. The molecule has 0 spiro atoms. The predicted octanol–water partition coefficient (Wildman–Crippen LogP) is 4.57. The summed E-state index contributed by atoms with van der Waals surface area (Å²) < 4.78 is 7.98. The lowest BCUT2D eigenvalue weighted by atomic mass is 10.2. The van der Waals surface area contributed by atoms with E-state index in [4.69, 9.17) is 4.74 Å². The van der Waals surface area contributed by atoms with Gasteiger partial charge in [-0.1, -0.05) is 12.1 Å². The van der Waals surface area contributed by atoms with Crippen molar-refractivity contribution in [2.75, 3.05) is 7.05 Å². The molecule has 0 unspecified atom stereocenters. The summed E-state index contributed by atoms with van der Waals surface area (Å²) in [6, 6.07) is 14.1. The number of nitrogens with one attached hydrogen (secondary N) is 1. The molecule has 0 bridgehead atoms. The highest BCUT2D eigenvalue weighted by molar-refractivity contribution is 14.1. The van der Waals surface area contributed by atoms with Gasteiger partial charge in [-0.15, -0.1) is 0 Å². The average Bonchev–Trinajstić information content (AvgIpc) is 2.33. The van der Waals surface area contributed by atoms with E-state index >= 15 is 0 Å². The molecule has 0 aromatic heterocycles. The fourth-order valence-corrected chi connectivity index (χ4v) is 2.62. The average molecular weight is 418 g/mol. The van der Waals surface area contributed by atoms with Gasteiger partial charge in [0.15, 0.2) is 0 Å². The Hall–Kier alpha value is -0.590. The van der Waals surface area contributed by atoms with E-state index in [0.29, 0.717) is 0 Å². The van der Waals surface area contributed by atoms with Gasteiger partial charge in [0, 0.05) is 10.1 Å². The topological polar surface area (TPSA) is 21.3 Å². The molecule has 0 saturated carbocycles. The van der Waals surface area contributed by atoms with Gasteiger partial charge in [0.1, 0.15) is 11.5 Å². The van der Waals surface area contributed by atoms with Crippen molar-refractivity contribution in [1.82, 2.24) is 5.32 Å². The van der Waals surface area contributed by atoms with Crippen LogP contribution >= 0.6 is 38.5 Å². The first-order valence-corrected chi connectivity index (χ1v) is 7.42. The molecule has 0 heterocycles. The normalized spacial score (nSPS) is 10.4. The second-order valence-electron chi connectivity index (χ2n) is 3.85. The lowest BCUT2D eigenvalue weighted by Crippen LogP contribution is -2.04. The first-order chi connectivity index (χ1) is 8.69. The van der Waals surface area contributed by atoms with E-state index in [2.05, 4.69) is 56.0 Å². The van der Waals surface area contributed by atoms with Crippen molar-refractivity contribution in [2.24, 2.45) is 0 Å². The van der Waals surface area contributed by atoms with Gasteiger partial charge in [-0.05, 0) is 81.5 Å². The Morgan fingerprint density at radius 1 is 1.22 bits per heavy atom. The van der Waals surface area contributed by atoms with Gasteiger partial charge in [-0.3, -0.25) is 0 Å². The summed E-state index contributed by atoms with van der Waals surface area (Å²) in [6.07, 6.45) is 0. The highest BCUT2D eigenvalue weighted by Gasteiger charge is 2.04. The van der Waals surface area contributed by atoms with Crippen LogP contribution < -0.4 is 10.1 Å². The number of hydrogen-bond donors (Lipinski definition) is 1. The first-order valence-electron chi connectivity index (χ1n) is 5.55. The van der Waals surface area contributed by atoms with Crippen LogP contribution in [-0.2, 0) is 6.54 Å². The summed E-state index contributed by atoms with van der Waals surface area (Å²) in [4.78, 5) is 0. The molecule has 2 aromatic carbocycles. The van der Waals surface area contributed by atoms with Crippen molar-refractivity contribution in [3.63, 3.8) is 0 Å². The molecule has 94 valence electrons. The van der Waals surface area contributed by atoms with Gasteiger partial charge in [0.05, 0.1) is 4.47 Å². The summed E-state index contributed by atoms with van der Waals surface area (Å²) in [5, 5.41) is 3.13. The highest BCUT2D eigenvalue weighted by Crippen LogP contribution is 2.31. The van der Waals surface area contributed by atoms with Crippen LogP contribution in [0.25, 0.3) is 0 Å². The molecule has 0 fully saturated rings. The third-order valence-corrected chi connectivity index (χ3v) is 3.69. The van der Waals surface area contributed by atoms with E-state index in [1.54, 1.807) is 0 Å². The van der Waals surface area contributed by atoms with Crippen LogP contribution in [0.2, 0.25) is 0 Å². The van der Waals surface area contributed by atoms with Crippen LogP contribution in [0.15, 0.2) is 46.9 Å². The largest absolute Gasteiger partial charge is 0.456 e. The minimum absolute atomic E-state index is 0.830. The Labute approximate surface area is 129 Å². The molecule has 0 aliphatic carbocycles. The molecule has 1 N–H and O–H groups in total. The quantitative estimate of drug-likeness (QED) is 0.736. The molecule has 0 atom stereocenters. The summed E-state index contributed by atoms with van der Waals surface area (Å²) in [6.45, 7) is 0.849. The zero-order chi connectivity index (χ0) is 13.0. The van der Waals surface area contributed by atoms with Crippen LogP contribution in [-0.4, -0.2) is 7.05 Å². The number of hydrogen-bond acceptors (Lipinski definition) is 2. The number of benzene rings is 2. The Balaban J connectivity index is 2.19. The summed E-state index contributed by atoms with van der Waals surface area (Å²) in [5.74, 6) is 1.68. The van der Waals surface area contributed by atoms with Crippen molar-refractivity contribution in [2.45, 2.75) is 6.54 Å². The number of ether oxygens (including phenoxy) is 1. The lowest BCUT2D eigenvalue weighted by Gasteiger charge is -2.09. The maximum Gasteiger partial charge on any atom is 0.141 e. The minimum Gasteiger partial charge on any atom is -0.456 e. The molecule has 0 saturated heterocycles. The van der Waals surface area contributed by atoms with Crippen molar-refractivity contribution in [3.05, 3.63) is 56.1 Å². The van der Waals surface area contributed by atoms with Gasteiger partial charge in [-0.25, -0.2) is 0 Å². The molecule has 18 heavy (non-hydrogen) atoms. The Morgan fingerprint density at radius 2 is 2.06 bits per heavy atom. The smallest absolute Gasteiger partial charge is 0.141 e. The van der Waals surface area contributed by atoms with Gasteiger partial charge < -0.3 is 10.1 Å².